The molecule has 1 atom stereocenters. The van der Waals surface area contributed by atoms with Crippen LogP contribution in [-0.2, 0) is 32.3 Å². The van der Waals surface area contributed by atoms with Crippen molar-refractivity contribution in [3.8, 4) is 16.9 Å². The van der Waals surface area contributed by atoms with Crippen molar-refractivity contribution in [1.82, 2.24) is 0 Å². The Kier molecular flexibility index (Phi) is 7.94. The van der Waals surface area contributed by atoms with Crippen molar-refractivity contribution in [2.75, 3.05) is 6.73 Å². The van der Waals surface area contributed by atoms with E-state index in [1.165, 1.54) is 30.2 Å². The minimum Gasteiger partial charge on any atom is -0.489 e. The minimum atomic E-state index is -1.03. The van der Waals surface area contributed by atoms with Gasteiger partial charge >= 0.3 is 11.9 Å². The van der Waals surface area contributed by atoms with Crippen LogP contribution in [0, 0.1) is 11.7 Å². The Morgan fingerprint density at radius 2 is 1.41 bits per heavy atom. The zero-order valence-corrected chi connectivity index (χ0v) is 17.6. The van der Waals surface area contributed by atoms with Crippen LogP contribution in [0.4, 0.5) is 4.39 Å². The van der Waals surface area contributed by atoms with Gasteiger partial charge in [-0.3, -0.25) is 15.3 Å². The zero-order valence-electron chi connectivity index (χ0n) is 17.6. The SMILES string of the molecule is CC(C(=O)OCN)C(=O)OCc1ccc(COc2ccc(F)cc2)cc1.c1cc2cc-2c1. The summed E-state index contributed by atoms with van der Waals surface area (Å²) in [7, 11) is 0. The molecular weight excluding hydrogens is 413 g/mol. The summed E-state index contributed by atoms with van der Waals surface area (Å²) in [5.74, 6) is -2.16. The summed E-state index contributed by atoms with van der Waals surface area (Å²) in [6.07, 6.45) is 0. The fraction of sp³-hybridized carbons (Fsp3) is 0.200. The number of halogens is 1. The van der Waals surface area contributed by atoms with Crippen LogP contribution in [0.3, 0.4) is 0 Å². The van der Waals surface area contributed by atoms with E-state index in [1.54, 1.807) is 24.3 Å². The Morgan fingerprint density at radius 3 is 1.91 bits per heavy atom. The maximum absolute atomic E-state index is 12.8. The second-order valence-electron chi connectivity index (χ2n) is 7.10. The molecule has 0 fully saturated rings. The maximum Gasteiger partial charge on any atom is 0.321 e. The molecule has 0 saturated heterocycles. The number of nitrogens with two attached hydrogens (primary N) is 1. The predicted octanol–water partition coefficient (Wildman–Crippen LogP) is 4.21. The average Bonchev–Trinajstić information content (AvgIpc) is 3.42. The van der Waals surface area contributed by atoms with Crippen molar-refractivity contribution in [3.63, 3.8) is 0 Å². The molecule has 0 heterocycles. The van der Waals surface area contributed by atoms with Gasteiger partial charge in [-0.1, -0.05) is 42.5 Å². The van der Waals surface area contributed by atoms with Gasteiger partial charge in [0.25, 0.3) is 0 Å². The van der Waals surface area contributed by atoms with Crippen molar-refractivity contribution in [2.24, 2.45) is 11.7 Å². The molecule has 0 aliphatic heterocycles. The van der Waals surface area contributed by atoms with Gasteiger partial charge in [0.05, 0.1) is 0 Å². The molecule has 0 saturated carbocycles. The van der Waals surface area contributed by atoms with Crippen LogP contribution in [0.15, 0.2) is 72.8 Å². The van der Waals surface area contributed by atoms with Crippen LogP contribution in [-0.4, -0.2) is 18.7 Å². The number of esters is 2. The third-order valence-corrected chi connectivity index (χ3v) is 4.67. The van der Waals surface area contributed by atoms with Crippen molar-refractivity contribution in [3.05, 3.63) is 89.7 Å². The first-order valence-corrected chi connectivity index (χ1v) is 10.1. The molecule has 1 unspecified atom stereocenters. The van der Waals surface area contributed by atoms with Crippen LogP contribution < -0.4 is 10.5 Å². The summed E-state index contributed by atoms with van der Waals surface area (Å²) in [5, 5.41) is 0. The molecule has 7 heteroatoms. The zero-order chi connectivity index (χ0) is 22.9. The monoisotopic (exact) mass is 437 g/mol. The summed E-state index contributed by atoms with van der Waals surface area (Å²) < 4.78 is 28.0. The van der Waals surface area contributed by atoms with Crippen LogP contribution in [0.2, 0.25) is 0 Å². The summed E-state index contributed by atoms with van der Waals surface area (Å²) in [6.45, 7) is 1.49. The predicted molar refractivity (Wildman–Crippen MR) is 117 cm³/mol. The van der Waals surface area contributed by atoms with Gasteiger partial charge in [0.2, 0.25) is 0 Å². The number of carbonyl (C=O) groups is 2. The molecule has 2 N–H and O–H groups in total. The van der Waals surface area contributed by atoms with Crippen molar-refractivity contribution >= 4 is 11.9 Å². The number of fused-ring (bicyclic) bond motifs is 1. The molecule has 32 heavy (non-hydrogen) atoms. The number of hydrogen-bond acceptors (Lipinski definition) is 6. The third kappa shape index (κ3) is 6.92. The number of rotatable bonds is 8. The van der Waals surface area contributed by atoms with E-state index in [-0.39, 0.29) is 19.2 Å². The van der Waals surface area contributed by atoms with Gasteiger partial charge in [-0.2, -0.15) is 0 Å². The molecule has 2 aliphatic rings. The fourth-order valence-corrected chi connectivity index (χ4v) is 2.69. The van der Waals surface area contributed by atoms with Gasteiger partial charge in [0.15, 0.2) is 5.92 Å². The summed E-state index contributed by atoms with van der Waals surface area (Å²) in [6, 6.07) is 21.5. The minimum absolute atomic E-state index is 0.0399. The van der Waals surface area contributed by atoms with E-state index in [0.717, 1.165) is 11.1 Å². The quantitative estimate of drug-likeness (QED) is 0.252. The summed E-state index contributed by atoms with van der Waals surface area (Å²) in [4.78, 5) is 23.2. The highest BCUT2D eigenvalue weighted by Crippen LogP contribution is 2.32. The smallest absolute Gasteiger partial charge is 0.321 e. The molecule has 0 amide bonds. The molecule has 2 aromatic carbocycles. The molecular formula is C25H24FNO5. The molecule has 4 rings (SSSR count). The molecule has 0 radical (unpaired) electrons. The van der Waals surface area contributed by atoms with Crippen LogP contribution >= 0.6 is 0 Å². The topological polar surface area (TPSA) is 87.9 Å². The first-order valence-electron chi connectivity index (χ1n) is 10.1. The van der Waals surface area contributed by atoms with E-state index < -0.39 is 17.9 Å². The van der Waals surface area contributed by atoms with Gasteiger partial charge in [-0.25, -0.2) is 4.39 Å². The van der Waals surface area contributed by atoms with Gasteiger partial charge in [-0.15, -0.1) is 0 Å². The molecule has 6 nitrogen and oxygen atoms in total. The Balaban J connectivity index is 0.000000405. The lowest BCUT2D eigenvalue weighted by atomic mass is 10.1. The molecule has 0 bridgehead atoms. The molecule has 0 spiro atoms. The maximum atomic E-state index is 12.8. The molecule has 2 aliphatic carbocycles. The van der Waals surface area contributed by atoms with E-state index in [0.29, 0.717) is 12.4 Å². The number of hydrogen-bond donors (Lipinski definition) is 1. The Morgan fingerprint density at radius 1 is 0.844 bits per heavy atom. The Hall–Kier alpha value is -3.71. The first-order chi connectivity index (χ1) is 15.5. The third-order valence-electron chi connectivity index (χ3n) is 4.67. The van der Waals surface area contributed by atoms with E-state index >= 15 is 0 Å². The highest BCUT2D eigenvalue weighted by molar-refractivity contribution is 5.94. The van der Waals surface area contributed by atoms with Crippen molar-refractivity contribution in [2.45, 2.75) is 20.1 Å². The van der Waals surface area contributed by atoms with Crippen LogP contribution in [0.5, 0.6) is 5.75 Å². The molecule has 166 valence electrons. The van der Waals surface area contributed by atoms with Crippen LogP contribution in [0.1, 0.15) is 18.1 Å². The van der Waals surface area contributed by atoms with Crippen LogP contribution in [0.25, 0.3) is 11.1 Å². The van der Waals surface area contributed by atoms with Gasteiger partial charge in [0, 0.05) is 0 Å². The molecule has 0 aromatic heterocycles. The summed E-state index contributed by atoms with van der Waals surface area (Å²) in [5.41, 5.74) is 9.62. The number of benzene rings is 3. The fourth-order valence-electron chi connectivity index (χ4n) is 2.69. The lowest BCUT2D eigenvalue weighted by Crippen LogP contribution is -2.27. The number of ether oxygens (including phenoxy) is 3. The van der Waals surface area contributed by atoms with Crippen molar-refractivity contribution in [1.29, 1.82) is 0 Å². The highest BCUT2D eigenvalue weighted by atomic mass is 19.1. The van der Waals surface area contributed by atoms with Crippen molar-refractivity contribution < 1.29 is 28.2 Å². The van der Waals surface area contributed by atoms with E-state index in [4.69, 9.17) is 15.2 Å². The van der Waals surface area contributed by atoms with E-state index in [9.17, 15) is 14.0 Å². The lowest BCUT2D eigenvalue weighted by Gasteiger charge is -2.11. The second kappa shape index (κ2) is 11.1. The van der Waals surface area contributed by atoms with E-state index in [1.807, 2.05) is 12.1 Å². The lowest BCUT2D eigenvalue weighted by molar-refractivity contribution is -0.161. The standard InChI is InChI=1S/C19H20FNO5.C6H4/c1-13(19(23)26-12-21)18(22)25-11-15-4-2-14(3-5-15)10-24-17-8-6-16(20)7-9-17;1-2-5-4-6(5)3-1/h2-9,13H,10-12,21H2,1H3;1-4H. The Bertz CT molecular complexity index is 1030. The van der Waals surface area contributed by atoms with Gasteiger partial charge in [-0.05, 0) is 59.5 Å². The highest BCUT2D eigenvalue weighted by Gasteiger charge is 2.24. The second-order valence-corrected chi connectivity index (χ2v) is 7.10. The van der Waals surface area contributed by atoms with Gasteiger partial charge < -0.3 is 14.2 Å². The summed E-state index contributed by atoms with van der Waals surface area (Å²) >= 11 is 0. The Labute approximate surface area is 185 Å². The molecule has 2 aromatic rings. The number of carbonyl (C=O) groups excluding carboxylic acids is 2. The normalized spacial score (nSPS) is 11.5. The first kappa shape index (κ1) is 23.0. The van der Waals surface area contributed by atoms with E-state index in [2.05, 4.69) is 29.0 Å². The largest absolute Gasteiger partial charge is 0.489 e. The average molecular weight is 437 g/mol. The van der Waals surface area contributed by atoms with Gasteiger partial charge in [0.1, 0.15) is 31.5 Å².